The molecular formula is C29H37N5O. The summed E-state index contributed by atoms with van der Waals surface area (Å²) in [4.78, 5) is 22.4. The van der Waals surface area contributed by atoms with E-state index >= 15 is 0 Å². The number of pyridine rings is 1. The molecule has 1 aliphatic carbocycles. The smallest absolute Gasteiger partial charge is 0.253 e. The quantitative estimate of drug-likeness (QED) is 0.381. The summed E-state index contributed by atoms with van der Waals surface area (Å²) in [5.41, 5.74) is 13.5. The molecule has 0 spiro atoms. The standard InChI is InChI=1S/C21H20N2O.C8H17N3/c1-23(21(24)19-12-14-22-15-13-19)16-20(17-8-4-2-5-9-17)18-10-6-3-7-11-18;9-8(10)11-6-7-4-2-1-3-5-7/h2-15,20H,16H2,1H3;7H,1-6H2,(H4,9,10,11). The van der Waals surface area contributed by atoms with Crippen molar-refractivity contribution in [2.75, 3.05) is 20.1 Å². The lowest BCUT2D eigenvalue weighted by Gasteiger charge is -2.25. The zero-order valence-electron chi connectivity index (χ0n) is 20.6. The first-order chi connectivity index (χ1) is 17.0. The van der Waals surface area contributed by atoms with Crippen molar-refractivity contribution in [3.8, 4) is 0 Å². The number of hydrogen-bond acceptors (Lipinski definition) is 3. The van der Waals surface area contributed by atoms with E-state index in [1.54, 1.807) is 29.4 Å². The lowest BCUT2D eigenvalue weighted by Crippen LogP contribution is -2.31. The third-order valence-corrected chi connectivity index (χ3v) is 6.39. The molecule has 1 amide bonds. The molecule has 1 saturated carbocycles. The first-order valence-corrected chi connectivity index (χ1v) is 12.4. The Morgan fingerprint density at radius 1 is 0.914 bits per heavy atom. The highest BCUT2D eigenvalue weighted by molar-refractivity contribution is 5.93. The Morgan fingerprint density at radius 2 is 1.46 bits per heavy atom. The molecule has 0 atom stereocenters. The van der Waals surface area contributed by atoms with Crippen molar-refractivity contribution < 1.29 is 4.79 Å². The van der Waals surface area contributed by atoms with E-state index in [2.05, 4.69) is 34.2 Å². The van der Waals surface area contributed by atoms with E-state index in [-0.39, 0.29) is 17.8 Å². The minimum absolute atomic E-state index is 0.00858. The van der Waals surface area contributed by atoms with Crippen LogP contribution in [0.4, 0.5) is 0 Å². The summed E-state index contributed by atoms with van der Waals surface area (Å²) >= 11 is 0. The van der Waals surface area contributed by atoms with Gasteiger partial charge in [-0.15, -0.1) is 0 Å². The van der Waals surface area contributed by atoms with Crippen molar-refractivity contribution in [2.45, 2.75) is 38.0 Å². The van der Waals surface area contributed by atoms with Crippen LogP contribution in [0.1, 0.15) is 59.5 Å². The van der Waals surface area contributed by atoms with Gasteiger partial charge in [-0.05, 0) is 42.0 Å². The third kappa shape index (κ3) is 8.56. The number of nitrogens with zero attached hydrogens (tertiary/aromatic N) is 3. The summed E-state index contributed by atoms with van der Waals surface area (Å²) in [6.07, 6.45) is 9.99. The second-order valence-corrected chi connectivity index (χ2v) is 9.07. The summed E-state index contributed by atoms with van der Waals surface area (Å²) in [6.45, 7) is 1.46. The second kappa shape index (κ2) is 13.9. The Kier molecular flexibility index (Phi) is 10.3. The number of aliphatic imine (C=N–C) groups is 1. The molecule has 35 heavy (non-hydrogen) atoms. The molecule has 4 N–H and O–H groups in total. The largest absolute Gasteiger partial charge is 0.370 e. The van der Waals surface area contributed by atoms with Crippen molar-refractivity contribution in [1.82, 2.24) is 9.88 Å². The third-order valence-electron chi connectivity index (χ3n) is 6.39. The SMILES string of the molecule is CN(CC(c1ccccc1)c1ccccc1)C(=O)c1ccncc1.NC(N)=NCC1CCCCC1. The van der Waals surface area contributed by atoms with Gasteiger partial charge in [-0.25, -0.2) is 0 Å². The number of likely N-dealkylation sites (N-methyl/N-ethyl adjacent to an activating group) is 1. The lowest BCUT2D eigenvalue weighted by molar-refractivity contribution is 0.0790. The fourth-order valence-electron chi connectivity index (χ4n) is 4.45. The van der Waals surface area contributed by atoms with E-state index in [4.69, 9.17) is 11.5 Å². The molecule has 4 rings (SSSR count). The van der Waals surface area contributed by atoms with Crippen molar-refractivity contribution in [2.24, 2.45) is 22.4 Å². The molecule has 3 aromatic rings. The highest BCUT2D eigenvalue weighted by Gasteiger charge is 2.20. The van der Waals surface area contributed by atoms with Gasteiger partial charge in [0.25, 0.3) is 5.91 Å². The van der Waals surface area contributed by atoms with Crippen LogP contribution in [-0.4, -0.2) is 41.9 Å². The Bertz CT molecular complexity index is 991. The lowest BCUT2D eigenvalue weighted by atomic mass is 9.89. The predicted octanol–water partition coefficient (Wildman–Crippen LogP) is 4.83. The van der Waals surface area contributed by atoms with Crippen molar-refractivity contribution >= 4 is 11.9 Å². The Labute approximate surface area is 209 Å². The topological polar surface area (TPSA) is 97.6 Å². The van der Waals surface area contributed by atoms with E-state index in [0.29, 0.717) is 12.1 Å². The number of carbonyl (C=O) groups is 1. The Hall–Kier alpha value is -3.67. The van der Waals surface area contributed by atoms with Gasteiger partial charge in [-0.3, -0.25) is 14.8 Å². The number of carbonyl (C=O) groups excluding carboxylic acids is 1. The maximum Gasteiger partial charge on any atom is 0.253 e. The van der Waals surface area contributed by atoms with E-state index in [0.717, 1.165) is 12.5 Å². The van der Waals surface area contributed by atoms with Gasteiger partial charge < -0.3 is 16.4 Å². The zero-order chi connectivity index (χ0) is 24.9. The fraction of sp³-hybridized carbons (Fsp3) is 0.345. The predicted molar refractivity (Wildman–Crippen MR) is 143 cm³/mol. The highest BCUT2D eigenvalue weighted by Crippen LogP contribution is 2.26. The van der Waals surface area contributed by atoms with Crippen LogP contribution in [0.5, 0.6) is 0 Å². The molecule has 1 aromatic heterocycles. The number of guanidine groups is 1. The molecule has 2 aromatic carbocycles. The molecule has 0 aliphatic heterocycles. The molecule has 1 fully saturated rings. The van der Waals surface area contributed by atoms with Crippen molar-refractivity contribution in [3.63, 3.8) is 0 Å². The number of benzene rings is 2. The zero-order valence-corrected chi connectivity index (χ0v) is 20.6. The van der Waals surface area contributed by atoms with Gasteiger partial charge >= 0.3 is 0 Å². The van der Waals surface area contributed by atoms with Crippen LogP contribution in [0.25, 0.3) is 0 Å². The molecular weight excluding hydrogens is 434 g/mol. The number of rotatable bonds is 7. The second-order valence-electron chi connectivity index (χ2n) is 9.07. The van der Waals surface area contributed by atoms with Crippen LogP contribution in [0.2, 0.25) is 0 Å². The maximum atomic E-state index is 12.6. The highest BCUT2D eigenvalue weighted by atomic mass is 16.2. The van der Waals surface area contributed by atoms with Crippen molar-refractivity contribution in [3.05, 3.63) is 102 Å². The summed E-state index contributed by atoms with van der Waals surface area (Å²) < 4.78 is 0. The molecule has 0 radical (unpaired) electrons. The van der Waals surface area contributed by atoms with Crippen molar-refractivity contribution in [1.29, 1.82) is 0 Å². The van der Waals surface area contributed by atoms with Crippen LogP contribution < -0.4 is 11.5 Å². The fourth-order valence-corrected chi connectivity index (χ4v) is 4.45. The minimum atomic E-state index is 0.00858. The average molecular weight is 472 g/mol. The van der Waals surface area contributed by atoms with Gasteiger partial charge in [0.15, 0.2) is 5.96 Å². The summed E-state index contributed by atoms with van der Waals surface area (Å²) in [6, 6.07) is 24.1. The number of aromatic nitrogens is 1. The van der Waals surface area contributed by atoms with E-state index in [1.807, 2.05) is 43.4 Å². The van der Waals surface area contributed by atoms with Gasteiger partial charge in [0.05, 0.1) is 0 Å². The molecule has 0 saturated heterocycles. The first-order valence-electron chi connectivity index (χ1n) is 12.4. The van der Waals surface area contributed by atoms with Crippen LogP contribution in [-0.2, 0) is 0 Å². The van der Waals surface area contributed by atoms with E-state index in [9.17, 15) is 4.79 Å². The van der Waals surface area contributed by atoms with Crippen LogP contribution in [0.15, 0.2) is 90.2 Å². The number of hydrogen-bond donors (Lipinski definition) is 2. The monoisotopic (exact) mass is 471 g/mol. The Morgan fingerprint density at radius 3 is 1.97 bits per heavy atom. The molecule has 1 aliphatic rings. The van der Waals surface area contributed by atoms with Crippen LogP contribution in [0.3, 0.4) is 0 Å². The average Bonchev–Trinajstić information content (AvgIpc) is 2.92. The molecule has 6 nitrogen and oxygen atoms in total. The number of nitrogens with two attached hydrogens (primary N) is 2. The normalized spacial score (nSPS) is 13.4. The number of amides is 1. The van der Waals surface area contributed by atoms with E-state index in [1.165, 1.54) is 43.2 Å². The van der Waals surface area contributed by atoms with E-state index < -0.39 is 0 Å². The molecule has 0 bridgehead atoms. The van der Waals surface area contributed by atoms with Gasteiger partial charge in [-0.2, -0.15) is 0 Å². The molecule has 184 valence electrons. The molecule has 6 heteroatoms. The summed E-state index contributed by atoms with van der Waals surface area (Å²) in [5, 5.41) is 0. The maximum absolute atomic E-state index is 12.6. The first kappa shape index (κ1) is 25.9. The van der Waals surface area contributed by atoms with Crippen LogP contribution >= 0.6 is 0 Å². The van der Waals surface area contributed by atoms with Crippen LogP contribution in [0, 0.1) is 5.92 Å². The Balaban J connectivity index is 0.000000261. The summed E-state index contributed by atoms with van der Waals surface area (Å²) in [7, 11) is 1.85. The molecule has 0 unspecified atom stereocenters. The molecule has 1 heterocycles. The van der Waals surface area contributed by atoms with Gasteiger partial charge in [-0.1, -0.05) is 79.9 Å². The van der Waals surface area contributed by atoms with Gasteiger partial charge in [0, 0.05) is 44.0 Å². The summed E-state index contributed by atoms with van der Waals surface area (Å²) in [5.74, 6) is 1.12. The minimum Gasteiger partial charge on any atom is -0.370 e. The van der Waals surface area contributed by atoms with Gasteiger partial charge in [0.1, 0.15) is 0 Å². The van der Waals surface area contributed by atoms with Gasteiger partial charge in [0.2, 0.25) is 0 Å².